The number of nitrogens with one attached hydrogen (secondary N) is 1. The monoisotopic (exact) mass is 646 g/mol. The lowest BCUT2D eigenvalue weighted by molar-refractivity contribution is 0.107. The van der Waals surface area contributed by atoms with Crippen molar-refractivity contribution >= 4 is 27.5 Å². The molecule has 10 rings (SSSR count). The second kappa shape index (κ2) is 10.7. The van der Waals surface area contributed by atoms with Crippen LogP contribution in [0, 0.1) is 24.4 Å². The lowest BCUT2D eigenvalue weighted by Gasteiger charge is -2.48. The average molecular weight is 647 g/mol. The van der Waals surface area contributed by atoms with Crippen LogP contribution in [0.3, 0.4) is 0 Å². The lowest BCUT2D eigenvalue weighted by atomic mass is 9.90. The zero-order valence-corrected chi connectivity index (χ0v) is 26.7. The number of piperazine rings is 1. The van der Waals surface area contributed by atoms with Crippen molar-refractivity contribution in [3.05, 3.63) is 52.5 Å². The summed E-state index contributed by atoms with van der Waals surface area (Å²) in [6.45, 7) is 6.48. The molecule has 2 aromatic heterocycles. The summed E-state index contributed by atoms with van der Waals surface area (Å²) in [5.74, 6) is -0.905. The van der Waals surface area contributed by atoms with Crippen LogP contribution in [-0.2, 0) is 6.42 Å². The molecule has 6 fully saturated rings. The van der Waals surface area contributed by atoms with Gasteiger partial charge in [0.05, 0.1) is 16.6 Å². The van der Waals surface area contributed by atoms with Crippen LogP contribution >= 0.6 is 0 Å². The van der Waals surface area contributed by atoms with Crippen molar-refractivity contribution in [1.82, 2.24) is 25.2 Å². The number of pyridine rings is 1. The third-order valence-corrected chi connectivity index (χ3v) is 11.3. The third kappa shape index (κ3) is 4.63. The molecule has 5 saturated heterocycles. The molecule has 246 valence electrons. The SMILES string of the molecule is CCc1c(F)ccc2c(F)c(C3CC3)cc(-c3nc(C)c4c(N5CC6CC(C5)N6)nc(OC[C@@]56CCCN5C[C@H](F)C6)nc4c3F)c12. The topological polar surface area (TPSA) is 66.4 Å². The molecule has 7 nitrogen and oxygen atoms in total. The van der Waals surface area contributed by atoms with Crippen LogP contribution in [-0.4, -0.2) is 76.4 Å². The number of aromatic nitrogens is 3. The second-order valence-corrected chi connectivity index (χ2v) is 14.4. The Morgan fingerprint density at radius 1 is 1.02 bits per heavy atom. The van der Waals surface area contributed by atoms with Crippen LogP contribution in [0.5, 0.6) is 6.01 Å². The maximum Gasteiger partial charge on any atom is 0.319 e. The molecule has 0 amide bonds. The number of hydrogen-bond acceptors (Lipinski definition) is 7. The van der Waals surface area contributed by atoms with E-state index in [1.165, 1.54) is 12.1 Å². The summed E-state index contributed by atoms with van der Waals surface area (Å²) in [6.07, 6.45) is 4.38. The Balaban J connectivity index is 1.23. The average Bonchev–Trinajstić information content (AvgIpc) is 3.75. The number of ether oxygens (including phenoxy) is 1. The normalized spacial score (nSPS) is 27.1. The van der Waals surface area contributed by atoms with E-state index in [1.54, 1.807) is 6.07 Å². The quantitative estimate of drug-likeness (QED) is 0.230. The number of halogens is 4. The van der Waals surface area contributed by atoms with Gasteiger partial charge < -0.3 is 15.0 Å². The van der Waals surface area contributed by atoms with Gasteiger partial charge in [-0.2, -0.15) is 9.97 Å². The van der Waals surface area contributed by atoms with Crippen LogP contribution in [0.25, 0.3) is 32.9 Å². The molecular weight excluding hydrogens is 608 g/mol. The van der Waals surface area contributed by atoms with Gasteiger partial charge in [0.2, 0.25) is 0 Å². The first-order chi connectivity index (χ1) is 22.7. The summed E-state index contributed by atoms with van der Waals surface area (Å²) >= 11 is 0. The van der Waals surface area contributed by atoms with E-state index >= 15 is 13.2 Å². The molecule has 4 atom stereocenters. The third-order valence-electron chi connectivity index (χ3n) is 11.3. The molecule has 1 N–H and O–H groups in total. The number of hydrogen-bond donors (Lipinski definition) is 1. The molecule has 4 aromatic rings. The molecule has 11 heteroatoms. The number of rotatable bonds is 7. The van der Waals surface area contributed by atoms with Crippen molar-refractivity contribution in [2.24, 2.45) is 0 Å². The van der Waals surface area contributed by atoms with Gasteiger partial charge in [0.1, 0.15) is 41.4 Å². The van der Waals surface area contributed by atoms with E-state index in [9.17, 15) is 4.39 Å². The Labute approximate surface area is 270 Å². The van der Waals surface area contributed by atoms with Gasteiger partial charge in [-0.25, -0.2) is 22.5 Å². The highest BCUT2D eigenvalue weighted by Gasteiger charge is 2.49. The zero-order chi connectivity index (χ0) is 32.2. The highest BCUT2D eigenvalue weighted by Crippen LogP contribution is 2.47. The van der Waals surface area contributed by atoms with Gasteiger partial charge in [0.25, 0.3) is 0 Å². The summed E-state index contributed by atoms with van der Waals surface area (Å²) in [5.41, 5.74) is 1.39. The van der Waals surface area contributed by atoms with Crippen molar-refractivity contribution in [1.29, 1.82) is 0 Å². The summed E-state index contributed by atoms with van der Waals surface area (Å²) < 4.78 is 69.1. The Kier molecular flexibility index (Phi) is 6.74. The fourth-order valence-electron chi connectivity index (χ4n) is 8.89. The summed E-state index contributed by atoms with van der Waals surface area (Å²) in [4.78, 5) is 18.7. The minimum Gasteiger partial charge on any atom is -0.461 e. The zero-order valence-electron chi connectivity index (χ0n) is 26.7. The number of benzene rings is 2. The number of anilines is 1. The van der Waals surface area contributed by atoms with E-state index in [2.05, 4.69) is 20.1 Å². The van der Waals surface area contributed by atoms with Crippen LogP contribution < -0.4 is 15.0 Å². The molecule has 0 spiro atoms. The van der Waals surface area contributed by atoms with Crippen LogP contribution in [0.1, 0.15) is 68.2 Å². The molecule has 1 aliphatic carbocycles. The molecule has 1 saturated carbocycles. The van der Waals surface area contributed by atoms with E-state index in [-0.39, 0.29) is 40.9 Å². The van der Waals surface area contributed by atoms with Gasteiger partial charge in [-0.15, -0.1) is 0 Å². The van der Waals surface area contributed by atoms with Crippen molar-refractivity contribution in [3.8, 4) is 17.3 Å². The predicted molar refractivity (Wildman–Crippen MR) is 172 cm³/mol. The fourth-order valence-corrected chi connectivity index (χ4v) is 8.89. The second-order valence-electron chi connectivity index (χ2n) is 14.4. The largest absolute Gasteiger partial charge is 0.461 e. The smallest absolute Gasteiger partial charge is 0.319 e. The van der Waals surface area contributed by atoms with Gasteiger partial charge in [0.15, 0.2) is 5.82 Å². The van der Waals surface area contributed by atoms with Crippen molar-refractivity contribution in [2.75, 3.05) is 37.7 Å². The van der Waals surface area contributed by atoms with Crippen molar-refractivity contribution < 1.29 is 22.3 Å². The number of piperidine rings is 1. The summed E-state index contributed by atoms with van der Waals surface area (Å²) in [5, 5.41) is 4.66. The standard InChI is InChI=1S/C36H38F4N6O/c1-3-23-27(38)8-7-24-29(23)26(12-25(30(24)39)19-5-6-19)32-31(40)33-28(18(2)41-32)34(45-15-21-11-22(16-45)42-21)44-35(43-33)47-17-36-9-4-10-46(36)14-20(37)13-36/h7-8,12,19-22,42H,3-6,9-11,13-17H2,1-2H3/t20-,21?,22?,36+/m1/s1. The number of alkyl halides is 1. The maximum absolute atomic E-state index is 17.2. The molecule has 2 bridgehead atoms. The first kappa shape index (κ1) is 29.6. The number of fused-ring (bicyclic) bond motifs is 5. The first-order valence-corrected chi connectivity index (χ1v) is 17.1. The van der Waals surface area contributed by atoms with Gasteiger partial charge in [-0.05, 0) is 87.2 Å². The molecule has 5 aliphatic heterocycles. The predicted octanol–water partition coefficient (Wildman–Crippen LogP) is 6.52. The van der Waals surface area contributed by atoms with Crippen LogP contribution in [0.4, 0.5) is 23.4 Å². The molecule has 6 aliphatic rings. The maximum atomic E-state index is 17.2. The lowest BCUT2D eigenvalue weighted by Crippen LogP contribution is -2.67. The Bertz CT molecular complexity index is 1940. The Morgan fingerprint density at radius 2 is 1.81 bits per heavy atom. The molecule has 47 heavy (non-hydrogen) atoms. The van der Waals surface area contributed by atoms with Gasteiger partial charge in [-0.3, -0.25) is 4.90 Å². The number of aryl methyl sites for hydroxylation is 2. The Hall–Kier alpha value is -3.57. The van der Waals surface area contributed by atoms with Crippen molar-refractivity contribution in [2.45, 2.75) is 88.5 Å². The van der Waals surface area contributed by atoms with E-state index < -0.39 is 23.3 Å². The highest BCUT2D eigenvalue weighted by atomic mass is 19.1. The van der Waals surface area contributed by atoms with Crippen LogP contribution in [0.15, 0.2) is 18.2 Å². The molecular formula is C36H38F4N6O. The summed E-state index contributed by atoms with van der Waals surface area (Å²) in [7, 11) is 0. The van der Waals surface area contributed by atoms with Gasteiger partial charge in [0, 0.05) is 54.5 Å². The Morgan fingerprint density at radius 3 is 2.55 bits per heavy atom. The molecule has 2 aromatic carbocycles. The molecule has 2 unspecified atom stereocenters. The van der Waals surface area contributed by atoms with E-state index in [0.717, 1.165) is 38.6 Å². The van der Waals surface area contributed by atoms with Crippen molar-refractivity contribution in [3.63, 3.8) is 0 Å². The van der Waals surface area contributed by atoms with Gasteiger partial charge in [-0.1, -0.05) is 6.92 Å². The fraction of sp³-hybridized carbons (Fsp3) is 0.528. The number of nitrogens with zero attached hydrogens (tertiary/aromatic N) is 5. The van der Waals surface area contributed by atoms with Gasteiger partial charge >= 0.3 is 6.01 Å². The van der Waals surface area contributed by atoms with E-state index in [4.69, 9.17) is 14.7 Å². The minimum atomic E-state index is -0.905. The minimum absolute atomic E-state index is 0.0117. The molecule has 7 heterocycles. The first-order valence-electron chi connectivity index (χ1n) is 17.1. The van der Waals surface area contributed by atoms with E-state index in [0.29, 0.717) is 83.5 Å². The highest BCUT2D eigenvalue weighted by molar-refractivity contribution is 6.02. The molecule has 0 radical (unpaired) electrons. The van der Waals surface area contributed by atoms with Crippen LogP contribution in [0.2, 0.25) is 0 Å². The van der Waals surface area contributed by atoms with E-state index in [1.807, 2.05) is 13.8 Å². The summed E-state index contributed by atoms with van der Waals surface area (Å²) in [6, 6.07) is 5.11.